The highest BCUT2D eigenvalue weighted by Crippen LogP contribution is 2.02. The summed E-state index contributed by atoms with van der Waals surface area (Å²) < 4.78 is 10.4. The number of hydrogen-bond donors (Lipinski definition) is 2. The first-order valence-corrected chi connectivity index (χ1v) is 9.00. The van der Waals surface area contributed by atoms with Gasteiger partial charge in [-0.25, -0.2) is 0 Å². The van der Waals surface area contributed by atoms with Crippen LogP contribution in [0.1, 0.15) is 18.4 Å². The number of ether oxygens (including phenoxy) is 2. The Kier molecular flexibility index (Phi) is 12.6. The van der Waals surface area contributed by atoms with Crippen LogP contribution in [0.5, 0.6) is 0 Å². The van der Waals surface area contributed by atoms with Crippen molar-refractivity contribution in [3.05, 3.63) is 35.9 Å². The fourth-order valence-electron chi connectivity index (χ4n) is 2.38. The zero-order chi connectivity index (χ0) is 18.2. The van der Waals surface area contributed by atoms with E-state index in [1.165, 1.54) is 5.56 Å². The molecule has 0 aliphatic carbocycles. The Morgan fingerprint density at radius 1 is 1.04 bits per heavy atom. The molecule has 25 heavy (non-hydrogen) atoms. The van der Waals surface area contributed by atoms with Crippen LogP contribution < -0.4 is 10.6 Å². The molecule has 0 fully saturated rings. The first-order valence-electron chi connectivity index (χ1n) is 9.00. The summed E-state index contributed by atoms with van der Waals surface area (Å²) in [6.07, 6.45) is 2.02. The normalized spacial score (nSPS) is 11.8. The number of rotatable bonds is 13. The third-order valence-electron chi connectivity index (χ3n) is 3.72. The zero-order valence-corrected chi connectivity index (χ0v) is 16.0. The van der Waals surface area contributed by atoms with Gasteiger partial charge in [0.05, 0.1) is 13.2 Å². The molecule has 6 heteroatoms. The summed E-state index contributed by atoms with van der Waals surface area (Å²) in [6.45, 7) is 5.82. The molecule has 142 valence electrons. The smallest absolute Gasteiger partial charge is 0.190 e. The largest absolute Gasteiger partial charge is 0.382 e. The van der Waals surface area contributed by atoms with E-state index in [9.17, 15) is 0 Å². The molecule has 0 radical (unpaired) electrons. The molecule has 0 saturated heterocycles. The molecule has 6 nitrogen and oxygen atoms in total. The van der Waals surface area contributed by atoms with Gasteiger partial charge in [0.25, 0.3) is 0 Å². The lowest BCUT2D eigenvalue weighted by Gasteiger charge is -2.17. The van der Waals surface area contributed by atoms with E-state index in [2.05, 4.69) is 57.9 Å². The van der Waals surface area contributed by atoms with Crippen LogP contribution in [0, 0.1) is 0 Å². The molecule has 0 amide bonds. The molecule has 0 atom stereocenters. The monoisotopic (exact) mass is 350 g/mol. The minimum atomic E-state index is 0.648. The van der Waals surface area contributed by atoms with Gasteiger partial charge in [0.1, 0.15) is 0 Å². The van der Waals surface area contributed by atoms with Crippen LogP contribution in [0.15, 0.2) is 35.3 Å². The maximum absolute atomic E-state index is 5.43. The minimum absolute atomic E-state index is 0.648. The maximum atomic E-state index is 5.43. The van der Waals surface area contributed by atoms with Gasteiger partial charge in [0.2, 0.25) is 0 Å². The van der Waals surface area contributed by atoms with Crippen molar-refractivity contribution < 1.29 is 9.47 Å². The summed E-state index contributed by atoms with van der Waals surface area (Å²) in [5, 5.41) is 6.65. The summed E-state index contributed by atoms with van der Waals surface area (Å²) >= 11 is 0. The van der Waals surface area contributed by atoms with Crippen LogP contribution in [0.2, 0.25) is 0 Å². The lowest BCUT2D eigenvalue weighted by molar-refractivity contribution is 0.0698. The number of nitrogens with zero attached hydrogens (tertiary/aromatic N) is 2. The van der Waals surface area contributed by atoms with E-state index < -0.39 is 0 Å². The molecule has 1 aromatic rings. The molecule has 0 unspecified atom stereocenters. The van der Waals surface area contributed by atoms with Gasteiger partial charge in [0.15, 0.2) is 5.96 Å². The van der Waals surface area contributed by atoms with Crippen molar-refractivity contribution in [2.75, 3.05) is 60.7 Å². The van der Waals surface area contributed by atoms with Crippen molar-refractivity contribution >= 4 is 5.96 Å². The van der Waals surface area contributed by atoms with E-state index in [1.54, 1.807) is 14.2 Å². The van der Waals surface area contributed by atoms with Gasteiger partial charge in [-0.1, -0.05) is 30.3 Å². The molecule has 0 aromatic heterocycles. The van der Waals surface area contributed by atoms with E-state index in [0.29, 0.717) is 13.2 Å². The first kappa shape index (κ1) is 21.4. The highest BCUT2D eigenvalue weighted by molar-refractivity contribution is 5.79. The van der Waals surface area contributed by atoms with Crippen molar-refractivity contribution in [2.24, 2.45) is 4.99 Å². The highest BCUT2D eigenvalue weighted by Gasteiger charge is 2.01. The lowest BCUT2D eigenvalue weighted by Crippen LogP contribution is -2.39. The Bertz CT molecular complexity index is 454. The summed E-state index contributed by atoms with van der Waals surface area (Å²) in [5.41, 5.74) is 1.35. The summed E-state index contributed by atoms with van der Waals surface area (Å²) in [7, 11) is 5.63. The fraction of sp³-hybridized carbons (Fsp3) is 0.632. The Morgan fingerprint density at radius 2 is 1.76 bits per heavy atom. The van der Waals surface area contributed by atoms with Crippen molar-refractivity contribution in [2.45, 2.75) is 19.4 Å². The molecule has 1 rings (SSSR count). The molecule has 0 aliphatic rings. The maximum Gasteiger partial charge on any atom is 0.190 e. The molecule has 0 aliphatic heterocycles. The predicted octanol–water partition coefficient (Wildman–Crippen LogP) is 1.73. The van der Waals surface area contributed by atoms with Gasteiger partial charge >= 0.3 is 0 Å². The molecular formula is C19H34N4O2. The first-order chi connectivity index (χ1) is 12.3. The Hall–Kier alpha value is -1.63. The summed E-state index contributed by atoms with van der Waals surface area (Å²) in [6, 6.07) is 10.6. The Balaban J connectivity index is 2.03. The SMILES string of the molecule is CN=C(NCCCOCCOC)NCCCN(C)Cc1ccccc1. The molecule has 0 spiro atoms. The average molecular weight is 351 g/mol. The third kappa shape index (κ3) is 11.5. The Morgan fingerprint density at radius 3 is 2.44 bits per heavy atom. The van der Waals surface area contributed by atoms with E-state index >= 15 is 0 Å². The lowest BCUT2D eigenvalue weighted by atomic mass is 10.2. The predicted molar refractivity (Wildman–Crippen MR) is 104 cm³/mol. The van der Waals surface area contributed by atoms with Crippen LogP contribution in [-0.4, -0.2) is 71.5 Å². The van der Waals surface area contributed by atoms with Crippen molar-refractivity contribution in [1.82, 2.24) is 15.5 Å². The quantitative estimate of drug-likeness (QED) is 0.322. The van der Waals surface area contributed by atoms with Crippen LogP contribution in [-0.2, 0) is 16.0 Å². The Labute approximate surface area is 152 Å². The molecule has 0 bridgehead atoms. The second-order valence-corrected chi connectivity index (χ2v) is 5.96. The average Bonchev–Trinajstić information content (AvgIpc) is 2.63. The van der Waals surface area contributed by atoms with Crippen molar-refractivity contribution in [1.29, 1.82) is 0 Å². The third-order valence-corrected chi connectivity index (χ3v) is 3.72. The molecule has 0 saturated carbocycles. The number of aliphatic imine (C=N–C) groups is 1. The number of nitrogens with one attached hydrogen (secondary N) is 2. The van der Waals surface area contributed by atoms with Gasteiger partial charge in [-0.15, -0.1) is 0 Å². The van der Waals surface area contributed by atoms with Crippen molar-refractivity contribution in [3.8, 4) is 0 Å². The minimum Gasteiger partial charge on any atom is -0.382 e. The second-order valence-electron chi connectivity index (χ2n) is 5.96. The zero-order valence-electron chi connectivity index (χ0n) is 16.0. The highest BCUT2D eigenvalue weighted by atomic mass is 16.5. The van der Waals surface area contributed by atoms with Gasteiger partial charge in [-0.3, -0.25) is 4.99 Å². The van der Waals surface area contributed by atoms with E-state index in [-0.39, 0.29) is 0 Å². The van der Waals surface area contributed by atoms with Crippen molar-refractivity contribution in [3.63, 3.8) is 0 Å². The van der Waals surface area contributed by atoms with Crippen LogP contribution in [0.3, 0.4) is 0 Å². The van der Waals surface area contributed by atoms with Crippen LogP contribution >= 0.6 is 0 Å². The number of benzene rings is 1. The standard InChI is InChI=1S/C19H34N4O2/c1-20-19(22-12-8-14-25-16-15-24-3)21-11-7-13-23(2)17-18-9-5-4-6-10-18/h4-6,9-10H,7-8,11-17H2,1-3H3,(H2,20,21,22). The van der Waals surface area contributed by atoms with E-state index in [4.69, 9.17) is 9.47 Å². The fourth-order valence-corrected chi connectivity index (χ4v) is 2.38. The van der Waals surface area contributed by atoms with E-state index in [0.717, 1.165) is 51.6 Å². The van der Waals surface area contributed by atoms with Gasteiger partial charge in [-0.05, 0) is 32.0 Å². The van der Waals surface area contributed by atoms with Gasteiger partial charge in [0, 0.05) is 40.4 Å². The van der Waals surface area contributed by atoms with Gasteiger partial charge in [-0.2, -0.15) is 0 Å². The summed E-state index contributed by atoms with van der Waals surface area (Å²) in [5.74, 6) is 0.850. The summed E-state index contributed by atoms with van der Waals surface area (Å²) in [4.78, 5) is 6.58. The molecular weight excluding hydrogens is 316 g/mol. The second kappa shape index (κ2) is 14.7. The number of methoxy groups -OCH3 is 1. The van der Waals surface area contributed by atoms with Crippen LogP contribution in [0.4, 0.5) is 0 Å². The number of guanidine groups is 1. The molecule has 1 aromatic carbocycles. The van der Waals surface area contributed by atoms with Crippen LogP contribution in [0.25, 0.3) is 0 Å². The molecule has 0 heterocycles. The van der Waals surface area contributed by atoms with E-state index in [1.807, 2.05) is 0 Å². The van der Waals surface area contributed by atoms with Gasteiger partial charge < -0.3 is 25.0 Å². The molecule has 2 N–H and O–H groups in total. The number of hydrogen-bond acceptors (Lipinski definition) is 4. The topological polar surface area (TPSA) is 58.1 Å².